The molecule has 1 saturated heterocycles. The van der Waals surface area contributed by atoms with Gasteiger partial charge in [0.2, 0.25) is 11.8 Å². The SMILES string of the molecule is CCCCCC(=O)N1CCN(CC(=O)NCCC)CC1. The zero-order valence-electron chi connectivity index (χ0n) is 13.0. The fourth-order valence-corrected chi connectivity index (χ4v) is 2.36. The number of piperazine rings is 1. The molecule has 5 heteroatoms. The third kappa shape index (κ3) is 6.37. The lowest BCUT2D eigenvalue weighted by molar-refractivity contribution is -0.133. The first-order valence-electron chi connectivity index (χ1n) is 7.94. The summed E-state index contributed by atoms with van der Waals surface area (Å²) in [5.74, 6) is 0.364. The summed E-state index contributed by atoms with van der Waals surface area (Å²) in [4.78, 5) is 27.7. The van der Waals surface area contributed by atoms with Gasteiger partial charge in [-0.3, -0.25) is 14.5 Å². The van der Waals surface area contributed by atoms with Crippen LogP contribution in [0.4, 0.5) is 0 Å². The molecule has 20 heavy (non-hydrogen) atoms. The van der Waals surface area contributed by atoms with Crippen molar-refractivity contribution in [2.75, 3.05) is 39.3 Å². The molecule has 0 aromatic heterocycles. The molecular formula is C15H29N3O2. The highest BCUT2D eigenvalue weighted by molar-refractivity contribution is 5.78. The maximum absolute atomic E-state index is 12.0. The van der Waals surface area contributed by atoms with Gasteiger partial charge >= 0.3 is 0 Å². The highest BCUT2D eigenvalue weighted by Crippen LogP contribution is 2.07. The van der Waals surface area contributed by atoms with Gasteiger partial charge < -0.3 is 10.2 Å². The number of hydrogen-bond donors (Lipinski definition) is 1. The molecule has 0 aliphatic carbocycles. The molecule has 0 radical (unpaired) electrons. The Hall–Kier alpha value is -1.10. The molecule has 116 valence electrons. The van der Waals surface area contributed by atoms with Crippen molar-refractivity contribution in [3.8, 4) is 0 Å². The van der Waals surface area contributed by atoms with Crippen molar-refractivity contribution in [3.63, 3.8) is 0 Å². The molecule has 0 aromatic rings. The summed E-state index contributed by atoms with van der Waals surface area (Å²) in [5, 5.41) is 2.89. The Bertz CT molecular complexity index is 299. The van der Waals surface area contributed by atoms with Gasteiger partial charge in [-0.25, -0.2) is 0 Å². The quantitative estimate of drug-likeness (QED) is 0.682. The van der Waals surface area contributed by atoms with Gasteiger partial charge in [0.25, 0.3) is 0 Å². The molecule has 0 aromatic carbocycles. The molecule has 1 fully saturated rings. The third-order valence-corrected chi connectivity index (χ3v) is 3.66. The number of carbonyl (C=O) groups excluding carboxylic acids is 2. The molecule has 0 bridgehead atoms. The van der Waals surface area contributed by atoms with E-state index in [4.69, 9.17) is 0 Å². The van der Waals surface area contributed by atoms with Crippen LogP contribution in [0.25, 0.3) is 0 Å². The van der Waals surface area contributed by atoms with Gasteiger partial charge in [-0.05, 0) is 12.8 Å². The average molecular weight is 283 g/mol. The Morgan fingerprint density at radius 1 is 1.00 bits per heavy atom. The van der Waals surface area contributed by atoms with E-state index in [1.165, 1.54) is 0 Å². The predicted molar refractivity (Wildman–Crippen MR) is 80.5 cm³/mol. The van der Waals surface area contributed by atoms with E-state index in [-0.39, 0.29) is 11.8 Å². The van der Waals surface area contributed by atoms with Crippen LogP contribution in [-0.2, 0) is 9.59 Å². The zero-order chi connectivity index (χ0) is 14.8. The van der Waals surface area contributed by atoms with Crippen molar-refractivity contribution in [1.29, 1.82) is 0 Å². The van der Waals surface area contributed by atoms with Crippen LogP contribution in [0.5, 0.6) is 0 Å². The minimum absolute atomic E-state index is 0.0922. The molecule has 1 rings (SSSR count). The molecule has 5 nitrogen and oxygen atoms in total. The third-order valence-electron chi connectivity index (χ3n) is 3.66. The molecule has 0 atom stereocenters. The second-order valence-electron chi connectivity index (χ2n) is 5.46. The zero-order valence-corrected chi connectivity index (χ0v) is 13.0. The van der Waals surface area contributed by atoms with E-state index in [1.807, 2.05) is 11.8 Å². The number of carbonyl (C=O) groups is 2. The van der Waals surface area contributed by atoms with E-state index in [1.54, 1.807) is 0 Å². The van der Waals surface area contributed by atoms with Gasteiger partial charge in [-0.15, -0.1) is 0 Å². The van der Waals surface area contributed by atoms with Crippen LogP contribution in [0.15, 0.2) is 0 Å². The summed E-state index contributed by atoms with van der Waals surface area (Å²) in [6.07, 6.45) is 4.91. The first-order valence-corrected chi connectivity index (χ1v) is 7.94. The van der Waals surface area contributed by atoms with Crippen LogP contribution < -0.4 is 5.32 Å². The maximum Gasteiger partial charge on any atom is 0.234 e. The fourth-order valence-electron chi connectivity index (χ4n) is 2.36. The summed E-state index contributed by atoms with van der Waals surface area (Å²) in [7, 11) is 0. The van der Waals surface area contributed by atoms with Crippen LogP contribution in [0.3, 0.4) is 0 Å². The summed E-state index contributed by atoms with van der Waals surface area (Å²) >= 11 is 0. The number of rotatable bonds is 8. The topological polar surface area (TPSA) is 52.7 Å². The lowest BCUT2D eigenvalue weighted by atomic mass is 10.2. The molecule has 0 saturated carbocycles. The normalized spacial score (nSPS) is 16.2. The monoisotopic (exact) mass is 283 g/mol. The van der Waals surface area contributed by atoms with Gasteiger partial charge in [-0.2, -0.15) is 0 Å². The Kier molecular flexibility index (Phi) is 8.26. The molecule has 1 aliphatic heterocycles. The number of hydrogen-bond acceptors (Lipinski definition) is 3. The Morgan fingerprint density at radius 2 is 1.70 bits per heavy atom. The second kappa shape index (κ2) is 9.75. The highest BCUT2D eigenvalue weighted by atomic mass is 16.2. The first kappa shape index (κ1) is 17.0. The summed E-state index contributed by atoms with van der Waals surface area (Å²) in [5.41, 5.74) is 0. The Labute approximate surface area is 122 Å². The molecule has 1 N–H and O–H groups in total. The Balaban J connectivity index is 2.19. The van der Waals surface area contributed by atoms with Crippen molar-refractivity contribution in [2.45, 2.75) is 46.0 Å². The lowest BCUT2D eigenvalue weighted by Gasteiger charge is -2.34. The number of nitrogens with one attached hydrogen (secondary N) is 1. The van der Waals surface area contributed by atoms with Gasteiger partial charge in [0.1, 0.15) is 0 Å². The van der Waals surface area contributed by atoms with Gasteiger partial charge in [0, 0.05) is 39.1 Å². The number of unbranched alkanes of at least 4 members (excludes halogenated alkanes) is 2. The minimum Gasteiger partial charge on any atom is -0.355 e. The summed E-state index contributed by atoms with van der Waals surface area (Å²) in [6.45, 7) is 8.51. The number of amides is 2. The number of nitrogens with zero attached hydrogens (tertiary/aromatic N) is 2. The van der Waals surface area contributed by atoms with E-state index in [9.17, 15) is 9.59 Å². The van der Waals surface area contributed by atoms with E-state index in [2.05, 4.69) is 17.1 Å². The van der Waals surface area contributed by atoms with Gasteiger partial charge in [0.05, 0.1) is 6.54 Å². The largest absolute Gasteiger partial charge is 0.355 e. The molecule has 1 heterocycles. The van der Waals surface area contributed by atoms with Crippen molar-refractivity contribution in [3.05, 3.63) is 0 Å². The van der Waals surface area contributed by atoms with Gasteiger partial charge in [-0.1, -0.05) is 26.7 Å². The van der Waals surface area contributed by atoms with E-state index in [0.717, 1.165) is 58.4 Å². The van der Waals surface area contributed by atoms with E-state index < -0.39 is 0 Å². The average Bonchev–Trinajstić information content (AvgIpc) is 2.46. The van der Waals surface area contributed by atoms with Crippen molar-refractivity contribution in [1.82, 2.24) is 15.1 Å². The van der Waals surface area contributed by atoms with Crippen LogP contribution in [0.1, 0.15) is 46.0 Å². The van der Waals surface area contributed by atoms with Gasteiger partial charge in [0.15, 0.2) is 0 Å². The van der Waals surface area contributed by atoms with E-state index in [0.29, 0.717) is 13.0 Å². The molecule has 2 amide bonds. The Morgan fingerprint density at radius 3 is 2.30 bits per heavy atom. The maximum atomic E-state index is 12.0. The lowest BCUT2D eigenvalue weighted by Crippen LogP contribution is -2.51. The molecule has 0 spiro atoms. The highest BCUT2D eigenvalue weighted by Gasteiger charge is 2.21. The smallest absolute Gasteiger partial charge is 0.234 e. The minimum atomic E-state index is 0.0922. The molecule has 1 aliphatic rings. The van der Waals surface area contributed by atoms with Crippen LogP contribution >= 0.6 is 0 Å². The summed E-state index contributed by atoms with van der Waals surface area (Å²) < 4.78 is 0. The molecular weight excluding hydrogens is 254 g/mol. The van der Waals surface area contributed by atoms with Crippen LogP contribution in [0.2, 0.25) is 0 Å². The standard InChI is InChI=1S/C15H29N3O2/c1-3-5-6-7-15(20)18-11-9-17(10-12-18)13-14(19)16-8-4-2/h3-13H2,1-2H3,(H,16,19). The van der Waals surface area contributed by atoms with Crippen LogP contribution in [0, 0.1) is 0 Å². The van der Waals surface area contributed by atoms with Crippen LogP contribution in [-0.4, -0.2) is 60.9 Å². The summed E-state index contributed by atoms with van der Waals surface area (Å²) in [6, 6.07) is 0. The van der Waals surface area contributed by atoms with Crippen molar-refractivity contribution < 1.29 is 9.59 Å². The predicted octanol–water partition coefficient (Wildman–Crippen LogP) is 1.24. The van der Waals surface area contributed by atoms with E-state index >= 15 is 0 Å². The second-order valence-corrected chi connectivity index (χ2v) is 5.46. The molecule has 0 unspecified atom stereocenters. The first-order chi connectivity index (χ1) is 9.67. The van der Waals surface area contributed by atoms with Crippen molar-refractivity contribution >= 4 is 11.8 Å². The van der Waals surface area contributed by atoms with Crippen molar-refractivity contribution in [2.24, 2.45) is 0 Å². The fraction of sp³-hybridized carbons (Fsp3) is 0.867.